The molecule has 2 amide bonds. The number of methoxy groups -OCH3 is 1. The fraction of sp³-hybridized carbons (Fsp3) is 0.500. The molecule has 2 aliphatic heterocycles. The van der Waals surface area contributed by atoms with Crippen molar-refractivity contribution in [3.8, 4) is 16.9 Å². The Labute approximate surface area is 230 Å². The van der Waals surface area contributed by atoms with Crippen molar-refractivity contribution < 1.29 is 32.6 Å². The zero-order valence-electron chi connectivity index (χ0n) is 22.9. The van der Waals surface area contributed by atoms with Crippen LogP contribution in [0.15, 0.2) is 41.3 Å². The summed E-state index contributed by atoms with van der Waals surface area (Å²) in [5.41, 5.74) is 2.14. The van der Waals surface area contributed by atoms with Crippen LogP contribution in [0.25, 0.3) is 11.1 Å². The summed E-state index contributed by atoms with van der Waals surface area (Å²) < 4.78 is 38.9. The molecule has 0 radical (unpaired) electrons. The lowest BCUT2D eigenvalue weighted by Crippen LogP contribution is -2.52. The number of hydrogen-bond acceptors (Lipinski definition) is 6. The Bertz CT molecular complexity index is 1320. The molecule has 0 unspecified atom stereocenters. The largest absolute Gasteiger partial charge is 0.495 e. The molecule has 2 aliphatic rings. The zero-order valence-corrected chi connectivity index (χ0v) is 23.7. The van der Waals surface area contributed by atoms with Gasteiger partial charge in [0.05, 0.1) is 24.5 Å². The summed E-state index contributed by atoms with van der Waals surface area (Å²) >= 11 is 0. The fourth-order valence-electron chi connectivity index (χ4n) is 5.42. The quantitative estimate of drug-likeness (QED) is 0.509. The highest BCUT2D eigenvalue weighted by atomic mass is 32.2. The lowest BCUT2D eigenvalue weighted by molar-refractivity contribution is -0.120. The second-order valence-electron chi connectivity index (χ2n) is 9.92. The van der Waals surface area contributed by atoms with Crippen molar-refractivity contribution in [2.45, 2.75) is 51.0 Å². The number of nitrogens with zero attached hydrogens (tertiary/aromatic N) is 3. The van der Waals surface area contributed by atoms with Crippen molar-refractivity contribution in [3.05, 3.63) is 36.4 Å². The number of rotatable bonds is 8. The summed E-state index contributed by atoms with van der Waals surface area (Å²) in [4.78, 5) is 28.7. The molecule has 39 heavy (non-hydrogen) atoms. The second-order valence-corrected chi connectivity index (χ2v) is 11.8. The van der Waals surface area contributed by atoms with Gasteiger partial charge in [0, 0.05) is 39.3 Å². The van der Waals surface area contributed by atoms with Crippen LogP contribution in [0.2, 0.25) is 0 Å². The number of ether oxygens (including phenoxy) is 2. The van der Waals surface area contributed by atoms with Gasteiger partial charge in [-0.3, -0.25) is 9.69 Å². The smallest absolute Gasteiger partial charge is 0.411 e. The molecule has 1 N–H and O–H groups in total. The molecule has 0 aromatic heterocycles. The Morgan fingerprint density at radius 1 is 1.05 bits per heavy atom. The minimum Gasteiger partial charge on any atom is -0.495 e. The number of carbonyl (C=O) groups is 2. The first kappa shape index (κ1) is 28.8. The molecule has 0 bridgehead atoms. The first-order chi connectivity index (χ1) is 18.6. The summed E-state index contributed by atoms with van der Waals surface area (Å²) in [6.45, 7) is 7.46. The van der Waals surface area contributed by atoms with E-state index < -0.39 is 16.1 Å². The lowest BCUT2D eigenvalue weighted by Gasteiger charge is -2.41. The maximum atomic E-state index is 13.5. The number of amides is 2. The van der Waals surface area contributed by atoms with Crippen LogP contribution in [0.1, 0.15) is 40.0 Å². The second kappa shape index (κ2) is 11.9. The first-order valence-electron chi connectivity index (χ1n) is 13.3. The van der Waals surface area contributed by atoms with Gasteiger partial charge in [-0.25, -0.2) is 13.2 Å². The van der Waals surface area contributed by atoms with Crippen LogP contribution in [-0.4, -0.2) is 75.8 Å². The molecule has 0 aliphatic carbocycles. The van der Waals surface area contributed by atoms with Crippen molar-refractivity contribution in [1.29, 1.82) is 0 Å². The van der Waals surface area contributed by atoms with Gasteiger partial charge in [-0.05, 0) is 61.1 Å². The van der Waals surface area contributed by atoms with Gasteiger partial charge in [0.1, 0.15) is 10.6 Å². The topological polar surface area (TPSA) is 117 Å². The van der Waals surface area contributed by atoms with E-state index in [4.69, 9.17) is 9.47 Å². The summed E-state index contributed by atoms with van der Waals surface area (Å²) in [7, 11) is -2.39. The van der Waals surface area contributed by atoms with Gasteiger partial charge in [-0.1, -0.05) is 26.0 Å². The molecular formula is C28H37N3O7S. The van der Waals surface area contributed by atoms with Gasteiger partial charge in [0.2, 0.25) is 15.9 Å². The van der Waals surface area contributed by atoms with Crippen molar-refractivity contribution in [1.82, 2.24) is 4.31 Å². The molecule has 1 saturated heterocycles. The first-order valence-corrected chi connectivity index (χ1v) is 14.8. The predicted molar refractivity (Wildman–Crippen MR) is 149 cm³/mol. The molecule has 0 saturated carbocycles. The van der Waals surface area contributed by atoms with Crippen molar-refractivity contribution in [2.75, 3.05) is 49.8 Å². The highest BCUT2D eigenvalue weighted by Crippen LogP contribution is 2.41. The fourth-order valence-corrected chi connectivity index (χ4v) is 7.06. The van der Waals surface area contributed by atoms with E-state index in [1.807, 2.05) is 6.92 Å². The third-order valence-electron chi connectivity index (χ3n) is 7.54. The molecule has 1 fully saturated rings. The molecule has 2 aromatic rings. The van der Waals surface area contributed by atoms with Crippen LogP contribution in [0.3, 0.4) is 0 Å². The average Bonchev–Trinajstić information content (AvgIpc) is 2.92. The number of sulfonamides is 1. The molecule has 1 atom stereocenters. The van der Waals surface area contributed by atoms with E-state index in [9.17, 15) is 23.1 Å². The van der Waals surface area contributed by atoms with E-state index in [0.717, 1.165) is 12.8 Å². The monoisotopic (exact) mass is 559 g/mol. The molecule has 4 rings (SSSR count). The van der Waals surface area contributed by atoms with E-state index in [2.05, 4.69) is 0 Å². The van der Waals surface area contributed by atoms with E-state index >= 15 is 0 Å². The molecule has 2 aromatic carbocycles. The van der Waals surface area contributed by atoms with Gasteiger partial charge in [0.25, 0.3) is 0 Å². The van der Waals surface area contributed by atoms with E-state index in [-0.39, 0.29) is 35.1 Å². The Kier molecular flexibility index (Phi) is 8.83. The zero-order chi connectivity index (χ0) is 28.3. The third kappa shape index (κ3) is 5.75. The van der Waals surface area contributed by atoms with Crippen molar-refractivity contribution in [2.24, 2.45) is 5.92 Å². The minimum atomic E-state index is -3.82. The summed E-state index contributed by atoms with van der Waals surface area (Å²) in [5.74, 6) is 0.434. The Balaban J connectivity index is 1.76. The molecule has 2 heterocycles. The number of carbonyl (C=O) groups excluding carboxylic acids is 1. The molecule has 212 valence electrons. The van der Waals surface area contributed by atoms with E-state index in [1.165, 1.54) is 16.3 Å². The highest BCUT2D eigenvalue weighted by molar-refractivity contribution is 7.89. The predicted octanol–water partition coefficient (Wildman–Crippen LogP) is 4.43. The Morgan fingerprint density at radius 3 is 2.31 bits per heavy atom. The molecule has 11 heteroatoms. The van der Waals surface area contributed by atoms with Gasteiger partial charge in [-0.2, -0.15) is 4.31 Å². The van der Waals surface area contributed by atoms with Crippen LogP contribution in [-0.2, 0) is 19.6 Å². The normalized spacial score (nSPS) is 18.2. The van der Waals surface area contributed by atoms with Crippen LogP contribution < -0.4 is 14.5 Å². The molecular weight excluding hydrogens is 522 g/mol. The van der Waals surface area contributed by atoms with Gasteiger partial charge in [0.15, 0.2) is 0 Å². The standard InChI is InChI=1S/C28H37N3O7S/c1-5-29(6-2)39(35,36)26-17-22(8-10-25(26)37-4)21-7-9-23-24(16-21)30(28(33)34)18-19(3)31(23)27(32)15-20-11-13-38-14-12-20/h7-10,16-17,19-20H,5-6,11-15,18H2,1-4H3,(H,33,34)/t19-/m0/s1. The summed E-state index contributed by atoms with van der Waals surface area (Å²) in [6.07, 6.45) is 0.929. The van der Waals surface area contributed by atoms with Crippen LogP contribution in [0.5, 0.6) is 5.75 Å². The number of benzene rings is 2. The minimum absolute atomic E-state index is 0.0366. The van der Waals surface area contributed by atoms with Crippen LogP contribution in [0.4, 0.5) is 16.2 Å². The van der Waals surface area contributed by atoms with Crippen LogP contribution in [0, 0.1) is 5.92 Å². The van der Waals surface area contributed by atoms with E-state index in [0.29, 0.717) is 55.2 Å². The number of carboxylic acid groups (broad SMARTS) is 1. The Morgan fingerprint density at radius 2 is 1.69 bits per heavy atom. The SMILES string of the molecule is CCN(CC)S(=O)(=O)c1cc(-c2ccc3c(c2)N(C(=O)O)C[C@H](C)N3C(=O)CC2CCOCC2)ccc1OC. The summed E-state index contributed by atoms with van der Waals surface area (Å²) in [6, 6.07) is 9.82. The van der Waals surface area contributed by atoms with E-state index in [1.54, 1.807) is 55.1 Å². The molecule has 0 spiro atoms. The number of fused-ring (bicyclic) bond motifs is 1. The summed E-state index contributed by atoms with van der Waals surface area (Å²) in [5, 5.41) is 9.99. The third-order valence-corrected chi connectivity index (χ3v) is 9.61. The maximum absolute atomic E-state index is 13.5. The number of hydrogen-bond donors (Lipinski definition) is 1. The number of anilines is 2. The van der Waals surface area contributed by atoms with Crippen molar-refractivity contribution in [3.63, 3.8) is 0 Å². The van der Waals surface area contributed by atoms with Crippen LogP contribution >= 0.6 is 0 Å². The van der Waals surface area contributed by atoms with Gasteiger partial charge in [-0.15, -0.1) is 0 Å². The maximum Gasteiger partial charge on any atom is 0.411 e. The van der Waals surface area contributed by atoms with Gasteiger partial charge >= 0.3 is 6.09 Å². The molecule has 10 nitrogen and oxygen atoms in total. The van der Waals surface area contributed by atoms with Gasteiger partial charge < -0.3 is 19.5 Å². The average molecular weight is 560 g/mol. The van der Waals surface area contributed by atoms with Crippen molar-refractivity contribution >= 4 is 33.4 Å². The highest BCUT2D eigenvalue weighted by Gasteiger charge is 2.36. The lowest BCUT2D eigenvalue weighted by atomic mass is 9.94. The Hall–Kier alpha value is -3.15.